The molecule has 110 valence electrons. The Balaban J connectivity index is 1.86. The van der Waals surface area contributed by atoms with Gasteiger partial charge in [-0.25, -0.2) is 0 Å². The molecule has 4 nitrogen and oxygen atoms in total. The van der Waals surface area contributed by atoms with Crippen LogP contribution in [0.4, 0.5) is 5.69 Å². The molecule has 0 saturated carbocycles. The Morgan fingerprint density at radius 3 is 2.45 bits per heavy atom. The summed E-state index contributed by atoms with van der Waals surface area (Å²) in [5, 5.41) is 0. The van der Waals surface area contributed by atoms with Crippen LogP contribution in [-0.2, 0) is 16.0 Å². The lowest BCUT2D eigenvalue weighted by atomic mass is 10.1. The second-order valence-corrected chi connectivity index (χ2v) is 5.53. The molecular weight excluding hydrogens is 252 g/mol. The molecule has 1 fully saturated rings. The zero-order valence-corrected chi connectivity index (χ0v) is 12.5. The number of carbonyl (C=O) groups is 1. The van der Waals surface area contributed by atoms with Crippen LogP contribution in [0.5, 0.6) is 0 Å². The largest absolute Gasteiger partial charge is 0.378 e. The van der Waals surface area contributed by atoms with E-state index in [1.54, 1.807) is 0 Å². The van der Waals surface area contributed by atoms with Gasteiger partial charge in [0, 0.05) is 38.2 Å². The number of morpholine rings is 1. The summed E-state index contributed by atoms with van der Waals surface area (Å²) in [4.78, 5) is 16.2. The molecule has 1 heterocycles. The van der Waals surface area contributed by atoms with Gasteiger partial charge < -0.3 is 14.5 Å². The van der Waals surface area contributed by atoms with Crippen LogP contribution in [0.1, 0.15) is 12.0 Å². The van der Waals surface area contributed by atoms with Gasteiger partial charge in [0.2, 0.25) is 0 Å². The van der Waals surface area contributed by atoms with E-state index < -0.39 is 0 Å². The number of ketones is 1. The third-order valence-corrected chi connectivity index (χ3v) is 3.55. The lowest BCUT2D eigenvalue weighted by molar-refractivity contribution is -0.118. The second kappa shape index (κ2) is 7.41. The molecule has 0 amide bonds. The number of hydrogen-bond acceptors (Lipinski definition) is 4. The topological polar surface area (TPSA) is 32.8 Å². The summed E-state index contributed by atoms with van der Waals surface area (Å²) >= 11 is 0. The third kappa shape index (κ3) is 4.62. The number of nitrogens with zero attached hydrogens (tertiary/aromatic N) is 2. The van der Waals surface area contributed by atoms with Gasteiger partial charge in [-0.2, -0.15) is 0 Å². The van der Waals surface area contributed by atoms with Gasteiger partial charge in [-0.1, -0.05) is 12.1 Å². The number of carbonyl (C=O) groups excluding carboxylic acids is 1. The number of anilines is 1. The molecule has 0 atom stereocenters. The van der Waals surface area contributed by atoms with E-state index in [1.165, 1.54) is 5.69 Å². The SMILES string of the molecule is CN(C)CCC(=O)Cc1ccc(N2CCOCC2)cc1. The van der Waals surface area contributed by atoms with Crippen molar-refractivity contribution >= 4 is 11.5 Å². The lowest BCUT2D eigenvalue weighted by Gasteiger charge is -2.28. The molecule has 0 spiro atoms. The summed E-state index contributed by atoms with van der Waals surface area (Å²) < 4.78 is 5.35. The Morgan fingerprint density at radius 2 is 1.85 bits per heavy atom. The Morgan fingerprint density at radius 1 is 1.20 bits per heavy atom. The smallest absolute Gasteiger partial charge is 0.138 e. The predicted molar refractivity (Wildman–Crippen MR) is 81.4 cm³/mol. The first-order chi connectivity index (χ1) is 9.65. The maximum atomic E-state index is 11.8. The number of ether oxygens (including phenoxy) is 1. The molecule has 1 aromatic rings. The Hall–Kier alpha value is -1.39. The minimum atomic E-state index is 0.304. The summed E-state index contributed by atoms with van der Waals surface area (Å²) in [5.74, 6) is 0.304. The fraction of sp³-hybridized carbons (Fsp3) is 0.562. The standard InChI is InChI=1S/C16H24N2O2/c1-17(2)8-7-16(19)13-14-3-5-15(6-4-14)18-9-11-20-12-10-18/h3-6H,7-13H2,1-2H3. The molecule has 1 aliphatic rings. The highest BCUT2D eigenvalue weighted by Gasteiger charge is 2.11. The van der Waals surface area contributed by atoms with E-state index in [-0.39, 0.29) is 0 Å². The van der Waals surface area contributed by atoms with Gasteiger partial charge in [-0.15, -0.1) is 0 Å². The van der Waals surface area contributed by atoms with Gasteiger partial charge in [-0.05, 0) is 31.8 Å². The van der Waals surface area contributed by atoms with Crippen LogP contribution in [0.25, 0.3) is 0 Å². The number of rotatable bonds is 6. The summed E-state index contributed by atoms with van der Waals surface area (Å²) in [7, 11) is 3.98. The zero-order valence-electron chi connectivity index (χ0n) is 12.5. The van der Waals surface area contributed by atoms with Gasteiger partial charge in [0.1, 0.15) is 5.78 Å². The lowest BCUT2D eigenvalue weighted by Crippen LogP contribution is -2.36. The van der Waals surface area contributed by atoms with Crippen molar-refractivity contribution in [3.05, 3.63) is 29.8 Å². The first-order valence-corrected chi connectivity index (χ1v) is 7.23. The normalized spacial score (nSPS) is 15.7. The highest BCUT2D eigenvalue weighted by Crippen LogP contribution is 2.17. The van der Waals surface area contributed by atoms with Crippen LogP contribution in [0.3, 0.4) is 0 Å². The van der Waals surface area contributed by atoms with Crippen LogP contribution in [0, 0.1) is 0 Å². The van der Waals surface area contributed by atoms with E-state index in [4.69, 9.17) is 4.74 Å². The van der Waals surface area contributed by atoms with Crippen molar-refractivity contribution < 1.29 is 9.53 Å². The fourth-order valence-corrected chi connectivity index (χ4v) is 2.31. The Bertz CT molecular complexity index is 423. The van der Waals surface area contributed by atoms with E-state index >= 15 is 0 Å². The molecule has 0 N–H and O–H groups in total. The molecular formula is C16H24N2O2. The van der Waals surface area contributed by atoms with Crippen molar-refractivity contribution in [3.63, 3.8) is 0 Å². The summed E-state index contributed by atoms with van der Waals surface area (Å²) in [6.45, 7) is 4.31. The molecule has 2 rings (SSSR count). The maximum Gasteiger partial charge on any atom is 0.138 e. The van der Waals surface area contributed by atoms with Gasteiger partial charge >= 0.3 is 0 Å². The average Bonchev–Trinajstić information content (AvgIpc) is 2.47. The van der Waals surface area contributed by atoms with Gasteiger partial charge in [0.15, 0.2) is 0 Å². The van der Waals surface area contributed by atoms with Crippen LogP contribution in [0.15, 0.2) is 24.3 Å². The van der Waals surface area contributed by atoms with E-state index in [1.807, 2.05) is 19.0 Å². The maximum absolute atomic E-state index is 11.8. The first-order valence-electron chi connectivity index (χ1n) is 7.23. The molecule has 1 saturated heterocycles. The quantitative estimate of drug-likeness (QED) is 0.790. The van der Waals surface area contributed by atoms with Crippen molar-refractivity contribution in [2.24, 2.45) is 0 Å². The van der Waals surface area contributed by atoms with Gasteiger partial charge in [0.05, 0.1) is 13.2 Å². The van der Waals surface area contributed by atoms with Crippen LogP contribution in [0.2, 0.25) is 0 Å². The molecule has 0 bridgehead atoms. The molecule has 0 aromatic heterocycles. The molecule has 4 heteroatoms. The second-order valence-electron chi connectivity index (χ2n) is 5.53. The minimum Gasteiger partial charge on any atom is -0.378 e. The highest BCUT2D eigenvalue weighted by molar-refractivity contribution is 5.81. The molecule has 0 aliphatic carbocycles. The zero-order chi connectivity index (χ0) is 14.4. The molecule has 0 unspecified atom stereocenters. The molecule has 1 aromatic carbocycles. The number of hydrogen-bond donors (Lipinski definition) is 0. The van der Waals surface area contributed by atoms with Gasteiger partial charge in [0.25, 0.3) is 0 Å². The number of benzene rings is 1. The molecule has 0 radical (unpaired) electrons. The Labute approximate surface area is 121 Å². The summed E-state index contributed by atoms with van der Waals surface area (Å²) in [6.07, 6.45) is 1.16. The van der Waals surface area contributed by atoms with Crippen molar-refractivity contribution in [2.45, 2.75) is 12.8 Å². The summed E-state index contributed by atoms with van der Waals surface area (Å²) in [5.41, 5.74) is 2.32. The van der Waals surface area contributed by atoms with Crippen molar-refractivity contribution in [1.29, 1.82) is 0 Å². The van der Waals surface area contributed by atoms with E-state index in [0.717, 1.165) is 38.4 Å². The van der Waals surface area contributed by atoms with Crippen molar-refractivity contribution in [1.82, 2.24) is 4.90 Å². The highest BCUT2D eigenvalue weighted by atomic mass is 16.5. The van der Waals surface area contributed by atoms with Crippen LogP contribution in [-0.4, -0.2) is 57.6 Å². The molecule has 20 heavy (non-hydrogen) atoms. The van der Waals surface area contributed by atoms with Crippen LogP contribution < -0.4 is 4.90 Å². The van der Waals surface area contributed by atoms with Gasteiger partial charge in [-0.3, -0.25) is 4.79 Å². The minimum absolute atomic E-state index is 0.304. The number of Topliss-reactive ketones (excluding diaryl/α,β-unsaturated/α-hetero) is 1. The monoisotopic (exact) mass is 276 g/mol. The third-order valence-electron chi connectivity index (χ3n) is 3.55. The van der Waals surface area contributed by atoms with E-state index in [2.05, 4.69) is 29.2 Å². The molecule has 1 aliphatic heterocycles. The Kier molecular flexibility index (Phi) is 5.56. The fourth-order valence-electron chi connectivity index (χ4n) is 2.31. The first kappa shape index (κ1) is 15.0. The van der Waals surface area contributed by atoms with Crippen LogP contribution >= 0.6 is 0 Å². The van der Waals surface area contributed by atoms with E-state index in [0.29, 0.717) is 18.6 Å². The van der Waals surface area contributed by atoms with Crippen molar-refractivity contribution in [3.8, 4) is 0 Å². The summed E-state index contributed by atoms with van der Waals surface area (Å²) in [6, 6.07) is 8.36. The van der Waals surface area contributed by atoms with E-state index in [9.17, 15) is 4.79 Å². The average molecular weight is 276 g/mol. The van der Waals surface area contributed by atoms with Crippen molar-refractivity contribution in [2.75, 3.05) is 51.8 Å². The predicted octanol–water partition coefficient (Wildman–Crippen LogP) is 1.59.